The van der Waals surface area contributed by atoms with E-state index in [1.807, 2.05) is 19.1 Å². The van der Waals surface area contributed by atoms with Crippen molar-refractivity contribution in [3.63, 3.8) is 0 Å². The third kappa shape index (κ3) is 3.94. The molecule has 1 fully saturated rings. The zero-order chi connectivity index (χ0) is 22.4. The number of fused-ring (bicyclic) bond motifs is 2. The molecule has 0 unspecified atom stereocenters. The van der Waals surface area contributed by atoms with Gasteiger partial charge in [-0.25, -0.2) is 0 Å². The van der Waals surface area contributed by atoms with Gasteiger partial charge in [0, 0.05) is 35.3 Å². The number of nitrogens with zero attached hydrogens (tertiary/aromatic N) is 1. The molecule has 2 heterocycles. The summed E-state index contributed by atoms with van der Waals surface area (Å²) >= 11 is 6.46. The van der Waals surface area contributed by atoms with Crippen LogP contribution in [0.3, 0.4) is 0 Å². The summed E-state index contributed by atoms with van der Waals surface area (Å²) in [4.78, 5) is 26.7. The molecule has 0 radical (unpaired) electrons. The van der Waals surface area contributed by atoms with Crippen molar-refractivity contribution >= 4 is 29.5 Å². The lowest BCUT2D eigenvalue weighted by Crippen LogP contribution is -2.50. The van der Waals surface area contributed by atoms with E-state index in [1.54, 1.807) is 4.90 Å². The molecule has 2 aliphatic heterocycles. The van der Waals surface area contributed by atoms with Gasteiger partial charge in [0.25, 0.3) is 5.91 Å². The number of hydrogen-bond acceptors (Lipinski definition) is 2. The predicted molar refractivity (Wildman–Crippen MR) is 112 cm³/mol. The van der Waals surface area contributed by atoms with Gasteiger partial charge in [0.05, 0.1) is 11.1 Å². The molecule has 0 aromatic heterocycles. The van der Waals surface area contributed by atoms with Crippen LogP contribution in [0.5, 0.6) is 0 Å². The number of benzene rings is 2. The van der Waals surface area contributed by atoms with E-state index in [9.17, 15) is 22.8 Å². The molecule has 2 aliphatic rings. The number of aryl methyl sites for hydroxylation is 1. The number of halogens is 4. The maximum absolute atomic E-state index is 13.1. The van der Waals surface area contributed by atoms with Gasteiger partial charge in [-0.3, -0.25) is 9.59 Å². The highest BCUT2D eigenvalue weighted by atomic mass is 35.5. The third-order valence-electron chi connectivity index (χ3n) is 5.91. The highest BCUT2D eigenvalue weighted by Gasteiger charge is 2.46. The molecule has 1 saturated heterocycles. The number of amides is 2. The number of rotatable bonds is 2. The Labute approximate surface area is 182 Å². The predicted octanol–water partition coefficient (Wildman–Crippen LogP) is 4.94. The highest BCUT2D eigenvalue weighted by molar-refractivity contribution is 6.32. The third-order valence-corrected chi connectivity index (χ3v) is 6.21. The number of hydrogen-bond donors (Lipinski definition) is 1. The van der Waals surface area contributed by atoms with Gasteiger partial charge >= 0.3 is 6.18 Å². The minimum Gasteiger partial charge on any atom is -0.342 e. The van der Waals surface area contributed by atoms with Crippen molar-refractivity contribution in [1.29, 1.82) is 0 Å². The summed E-state index contributed by atoms with van der Waals surface area (Å²) in [5.74, 6) is -0.546. The molecule has 1 spiro atoms. The second-order valence-electron chi connectivity index (χ2n) is 7.95. The number of carbonyl (C=O) groups is 2. The van der Waals surface area contributed by atoms with Crippen LogP contribution in [0.1, 0.15) is 45.5 Å². The van der Waals surface area contributed by atoms with Crippen molar-refractivity contribution < 1.29 is 22.8 Å². The van der Waals surface area contributed by atoms with Crippen molar-refractivity contribution in [1.82, 2.24) is 10.2 Å². The lowest BCUT2D eigenvalue weighted by Gasteiger charge is -2.39. The minimum atomic E-state index is -4.49. The molecule has 0 bridgehead atoms. The average molecular weight is 449 g/mol. The molecule has 162 valence electrons. The summed E-state index contributed by atoms with van der Waals surface area (Å²) in [7, 11) is 0. The van der Waals surface area contributed by atoms with Crippen LogP contribution in [0, 0.1) is 6.92 Å². The van der Waals surface area contributed by atoms with E-state index in [0.717, 1.165) is 17.2 Å². The minimum absolute atomic E-state index is 0.0593. The molecular formula is C23H20ClF3N2O2. The molecule has 1 N–H and O–H groups in total. The molecule has 4 nitrogen and oxygen atoms in total. The first-order valence-electron chi connectivity index (χ1n) is 9.87. The molecule has 31 heavy (non-hydrogen) atoms. The molecular weight excluding hydrogens is 429 g/mol. The molecule has 2 amide bonds. The Kier molecular flexibility index (Phi) is 5.33. The van der Waals surface area contributed by atoms with E-state index in [-0.39, 0.29) is 17.4 Å². The van der Waals surface area contributed by atoms with E-state index in [4.69, 9.17) is 11.6 Å². The summed E-state index contributed by atoms with van der Waals surface area (Å²) in [6, 6.07) is 8.75. The first-order chi connectivity index (χ1) is 14.6. The normalized spacial score (nSPS) is 17.8. The van der Waals surface area contributed by atoms with Crippen molar-refractivity contribution in [2.75, 3.05) is 13.1 Å². The van der Waals surface area contributed by atoms with Crippen LogP contribution in [0.2, 0.25) is 5.02 Å². The zero-order valence-corrected chi connectivity index (χ0v) is 17.5. The van der Waals surface area contributed by atoms with Crippen molar-refractivity contribution in [3.8, 4) is 0 Å². The quantitative estimate of drug-likeness (QED) is 0.661. The van der Waals surface area contributed by atoms with E-state index in [0.29, 0.717) is 36.5 Å². The van der Waals surface area contributed by atoms with Crippen molar-refractivity contribution in [3.05, 3.63) is 75.3 Å². The van der Waals surface area contributed by atoms with E-state index < -0.39 is 17.3 Å². The molecule has 0 atom stereocenters. The Morgan fingerprint density at radius 3 is 2.55 bits per heavy atom. The van der Waals surface area contributed by atoms with Crippen LogP contribution in [0.4, 0.5) is 13.2 Å². The molecule has 0 aliphatic carbocycles. The number of nitrogens with one attached hydrogen (secondary N) is 1. The fraction of sp³-hybridized carbons (Fsp3) is 0.304. The van der Waals surface area contributed by atoms with Crippen LogP contribution < -0.4 is 5.32 Å². The molecule has 0 saturated carbocycles. The van der Waals surface area contributed by atoms with Gasteiger partial charge in [-0.1, -0.05) is 29.8 Å². The summed E-state index contributed by atoms with van der Waals surface area (Å²) in [6.07, 6.45) is -1.17. The monoisotopic (exact) mass is 448 g/mol. The summed E-state index contributed by atoms with van der Waals surface area (Å²) in [5, 5.41) is 3.56. The molecule has 4 rings (SSSR count). The van der Waals surface area contributed by atoms with Crippen molar-refractivity contribution in [2.24, 2.45) is 0 Å². The van der Waals surface area contributed by atoms with Gasteiger partial charge in [0.2, 0.25) is 5.91 Å². The van der Waals surface area contributed by atoms with Crippen LogP contribution in [-0.2, 0) is 16.5 Å². The van der Waals surface area contributed by atoms with Gasteiger partial charge in [-0.15, -0.1) is 0 Å². The Balaban J connectivity index is 1.49. The van der Waals surface area contributed by atoms with Gasteiger partial charge in [0.1, 0.15) is 0 Å². The second kappa shape index (κ2) is 7.71. The zero-order valence-electron chi connectivity index (χ0n) is 16.7. The summed E-state index contributed by atoms with van der Waals surface area (Å²) in [5.41, 5.74) is 0.760. The Hall–Kier alpha value is -2.80. The van der Waals surface area contributed by atoms with Crippen LogP contribution in [-0.4, -0.2) is 29.8 Å². The van der Waals surface area contributed by atoms with E-state index in [2.05, 4.69) is 5.32 Å². The second-order valence-corrected chi connectivity index (χ2v) is 8.36. The lowest BCUT2D eigenvalue weighted by atomic mass is 9.81. The van der Waals surface area contributed by atoms with Crippen LogP contribution >= 0.6 is 11.6 Å². The number of carbonyl (C=O) groups excluding carboxylic acids is 2. The van der Waals surface area contributed by atoms with Gasteiger partial charge in [-0.2, -0.15) is 13.2 Å². The lowest BCUT2D eigenvalue weighted by molar-refractivity contribution is -0.137. The Morgan fingerprint density at radius 2 is 1.87 bits per heavy atom. The standard InChI is InChI=1S/C23H20ClF3N2O2/c1-14-12-16-20(18(24)13-14)22(28-21(16)31)8-10-29(11-9-22)19(30)7-6-15-4-2-3-5-17(15)23(25,26)27/h2-7,12-13H,8-11H2,1H3,(H,28,31)/b7-6+. The topological polar surface area (TPSA) is 49.4 Å². The average Bonchev–Trinajstić information content (AvgIpc) is 2.97. The fourth-order valence-corrected chi connectivity index (χ4v) is 4.86. The fourth-order valence-electron chi connectivity index (χ4n) is 4.41. The number of piperidine rings is 1. The van der Waals surface area contributed by atoms with Crippen LogP contribution in [0.25, 0.3) is 6.08 Å². The first-order valence-corrected chi connectivity index (χ1v) is 10.2. The van der Waals surface area contributed by atoms with Crippen LogP contribution in [0.15, 0.2) is 42.5 Å². The molecule has 8 heteroatoms. The van der Waals surface area contributed by atoms with E-state index in [1.165, 1.54) is 30.4 Å². The summed E-state index contributed by atoms with van der Waals surface area (Å²) < 4.78 is 39.4. The summed E-state index contributed by atoms with van der Waals surface area (Å²) in [6.45, 7) is 2.58. The van der Waals surface area contributed by atoms with Crippen molar-refractivity contribution in [2.45, 2.75) is 31.5 Å². The maximum Gasteiger partial charge on any atom is 0.416 e. The smallest absolute Gasteiger partial charge is 0.342 e. The Bertz CT molecular complexity index is 1090. The molecule has 2 aromatic carbocycles. The van der Waals surface area contributed by atoms with E-state index >= 15 is 0 Å². The Morgan fingerprint density at radius 1 is 1.19 bits per heavy atom. The number of alkyl halides is 3. The van der Waals surface area contributed by atoms with Gasteiger partial charge < -0.3 is 10.2 Å². The highest BCUT2D eigenvalue weighted by Crippen LogP contribution is 2.43. The largest absolute Gasteiger partial charge is 0.416 e. The van der Waals surface area contributed by atoms with Gasteiger partial charge in [0.15, 0.2) is 0 Å². The number of likely N-dealkylation sites (tertiary alicyclic amines) is 1. The van der Waals surface area contributed by atoms with Gasteiger partial charge in [-0.05, 0) is 55.2 Å². The first kappa shape index (κ1) is 21.4. The maximum atomic E-state index is 13.1. The molecule has 2 aromatic rings. The SMILES string of the molecule is Cc1cc(Cl)c2c(c1)C(=O)NC21CCN(C(=O)/C=C/c2ccccc2C(F)(F)F)CC1.